The van der Waals surface area contributed by atoms with E-state index in [1.165, 1.54) is 5.56 Å². The Morgan fingerprint density at radius 1 is 1.37 bits per heavy atom. The van der Waals surface area contributed by atoms with Crippen LogP contribution in [0.4, 0.5) is 0 Å². The second-order valence-corrected chi connectivity index (χ2v) is 5.30. The minimum Gasteiger partial charge on any atom is -0.358 e. The standard InChI is InChI=1S/C15H19N3O/c1-9-10(2)17-14-4-3-11(7-13(9)14)15(19)18-12-5-6-16-8-12/h3-4,7,12,16-17H,5-6,8H2,1-2H3,(H,18,19)/t12-/m1/s1. The second kappa shape index (κ2) is 4.70. The maximum atomic E-state index is 12.2. The number of carbonyl (C=O) groups excluding carboxylic acids is 1. The van der Waals surface area contributed by atoms with Crippen LogP contribution in [0.2, 0.25) is 0 Å². The van der Waals surface area contributed by atoms with E-state index in [1.54, 1.807) is 0 Å². The lowest BCUT2D eigenvalue weighted by Crippen LogP contribution is -2.36. The van der Waals surface area contributed by atoms with Crippen molar-refractivity contribution in [3.05, 3.63) is 35.0 Å². The SMILES string of the molecule is Cc1[nH]c2ccc(C(=O)N[C@@H]3CCNC3)cc2c1C. The first-order valence-electron chi connectivity index (χ1n) is 6.75. The number of amides is 1. The van der Waals surface area contributed by atoms with E-state index in [4.69, 9.17) is 0 Å². The average molecular weight is 257 g/mol. The van der Waals surface area contributed by atoms with Crippen LogP contribution in [0.25, 0.3) is 10.9 Å². The Kier molecular flexibility index (Phi) is 3.03. The van der Waals surface area contributed by atoms with Crippen molar-refractivity contribution < 1.29 is 4.79 Å². The van der Waals surface area contributed by atoms with Crippen molar-refractivity contribution >= 4 is 16.8 Å². The second-order valence-electron chi connectivity index (χ2n) is 5.30. The molecule has 1 amide bonds. The first-order chi connectivity index (χ1) is 9.15. The number of aromatic nitrogens is 1. The van der Waals surface area contributed by atoms with Crippen LogP contribution in [0.3, 0.4) is 0 Å². The van der Waals surface area contributed by atoms with E-state index < -0.39 is 0 Å². The fraction of sp³-hybridized carbons (Fsp3) is 0.400. The molecule has 0 unspecified atom stereocenters. The molecule has 1 saturated heterocycles. The van der Waals surface area contributed by atoms with Crippen LogP contribution in [-0.2, 0) is 0 Å². The number of hydrogen-bond donors (Lipinski definition) is 3. The summed E-state index contributed by atoms with van der Waals surface area (Å²) in [4.78, 5) is 15.5. The van der Waals surface area contributed by atoms with Crippen molar-refractivity contribution in [2.75, 3.05) is 13.1 Å². The van der Waals surface area contributed by atoms with Gasteiger partial charge in [-0.2, -0.15) is 0 Å². The normalized spacial score (nSPS) is 18.9. The molecule has 100 valence electrons. The zero-order valence-corrected chi connectivity index (χ0v) is 11.3. The highest BCUT2D eigenvalue weighted by Crippen LogP contribution is 2.22. The maximum Gasteiger partial charge on any atom is 0.251 e. The summed E-state index contributed by atoms with van der Waals surface area (Å²) in [5.74, 6) is 0.0221. The van der Waals surface area contributed by atoms with Gasteiger partial charge in [-0.25, -0.2) is 0 Å². The van der Waals surface area contributed by atoms with Crippen LogP contribution in [0.1, 0.15) is 28.0 Å². The van der Waals surface area contributed by atoms with Gasteiger partial charge in [0.25, 0.3) is 5.91 Å². The number of hydrogen-bond acceptors (Lipinski definition) is 2. The zero-order valence-electron chi connectivity index (χ0n) is 11.3. The van der Waals surface area contributed by atoms with Crippen molar-refractivity contribution in [2.24, 2.45) is 0 Å². The van der Waals surface area contributed by atoms with Crippen molar-refractivity contribution in [2.45, 2.75) is 26.3 Å². The molecule has 1 aliphatic rings. The lowest BCUT2D eigenvalue weighted by Gasteiger charge is -2.11. The molecular formula is C15H19N3O. The summed E-state index contributed by atoms with van der Waals surface area (Å²) in [6, 6.07) is 6.11. The zero-order chi connectivity index (χ0) is 13.4. The number of rotatable bonds is 2. The number of fused-ring (bicyclic) bond motifs is 1. The molecule has 0 spiro atoms. The summed E-state index contributed by atoms with van der Waals surface area (Å²) in [5, 5.41) is 7.46. The number of aryl methyl sites for hydroxylation is 2. The summed E-state index contributed by atoms with van der Waals surface area (Å²) in [6.45, 7) is 5.99. The Balaban J connectivity index is 1.87. The van der Waals surface area contributed by atoms with Gasteiger partial charge in [0.1, 0.15) is 0 Å². The van der Waals surface area contributed by atoms with Gasteiger partial charge >= 0.3 is 0 Å². The van der Waals surface area contributed by atoms with Gasteiger partial charge in [0.15, 0.2) is 0 Å². The molecule has 0 saturated carbocycles. The third-order valence-corrected chi connectivity index (χ3v) is 3.97. The number of aromatic amines is 1. The third kappa shape index (κ3) is 2.24. The molecule has 2 aromatic rings. The molecule has 1 aromatic heterocycles. The van der Waals surface area contributed by atoms with Crippen LogP contribution in [0.15, 0.2) is 18.2 Å². The van der Waals surface area contributed by atoms with Crippen molar-refractivity contribution in [3.8, 4) is 0 Å². The lowest BCUT2D eigenvalue weighted by atomic mass is 10.1. The molecule has 3 rings (SSSR count). The van der Waals surface area contributed by atoms with E-state index in [0.717, 1.165) is 41.7 Å². The Bertz CT molecular complexity index is 624. The van der Waals surface area contributed by atoms with Crippen LogP contribution in [0, 0.1) is 13.8 Å². The summed E-state index contributed by atoms with van der Waals surface area (Å²) in [6.07, 6.45) is 1.01. The van der Waals surface area contributed by atoms with Crippen LogP contribution in [-0.4, -0.2) is 30.0 Å². The van der Waals surface area contributed by atoms with Gasteiger partial charge in [-0.1, -0.05) is 0 Å². The predicted molar refractivity (Wildman–Crippen MR) is 76.5 cm³/mol. The average Bonchev–Trinajstić information content (AvgIpc) is 2.99. The fourth-order valence-electron chi connectivity index (χ4n) is 2.65. The Morgan fingerprint density at radius 2 is 2.21 bits per heavy atom. The minimum absolute atomic E-state index is 0.0221. The Labute approximate surface area is 112 Å². The van der Waals surface area contributed by atoms with Crippen molar-refractivity contribution in [1.29, 1.82) is 0 Å². The first-order valence-corrected chi connectivity index (χ1v) is 6.75. The molecule has 1 fully saturated rings. The molecule has 1 aromatic carbocycles. The molecule has 4 heteroatoms. The summed E-state index contributed by atoms with van der Waals surface area (Å²) in [7, 11) is 0. The summed E-state index contributed by atoms with van der Waals surface area (Å²) >= 11 is 0. The Morgan fingerprint density at radius 3 is 2.95 bits per heavy atom. The molecule has 1 aliphatic heterocycles. The number of carbonyl (C=O) groups is 1. The molecule has 0 aliphatic carbocycles. The fourth-order valence-corrected chi connectivity index (χ4v) is 2.65. The largest absolute Gasteiger partial charge is 0.358 e. The van der Waals surface area contributed by atoms with Crippen LogP contribution < -0.4 is 10.6 Å². The van der Waals surface area contributed by atoms with Crippen molar-refractivity contribution in [3.63, 3.8) is 0 Å². The third-order valence-electron chi connectivity index (χ3n) is 3.97. The number of H-pyrrole nitrogens is 1. The van der Waals surface area contributed by atoms with E-state index in [9.17, 15) is 4.79 Å². The molecule has 0 radical (unpaired) electrons. The van der Waals surface area contributed by atoms with Crippen LogP contribution in [0.5, 0.6) is 0 Å². The summed E-state index contributed by atoms with van der Waals surface area (Å²) in [5.41, 5.74) is 4.20. The highest BCUT2D eigenvalue weighted by atomic mass is 16.1. The molecule has 3 N–H and O–H groups in total. The van der Waals surface area contributed by atoms with Gasteiger partial charge in [0.05, 0.1) is 0 Å². The highest BCUT2D eigenvalue weighted by molar-refractivity contribution is 5.99. The first kappa shape index (κ1) is 12.2. The smallest absolute Gasteiger partial charge is 0.251 e. The van der Waals surface area contributed by atoms with E-state index in [1.807, 2.05) is 18.2 Å². The molecule has 4 nitrogen and oxygen atoms in total. The molecule has 19 heavy (non-hydrogen) atoms. The monoisotopic (exact) mass is 257 g/mol. The van der Waals surface area contributed by atoms with Gasteiger partial charge in [0.2, 0.25) is 0 Å². The van der Waals surface area contributed by atoms with Gasteiger partial charge in [0, 0.05) is 34.7 Å². The molecule has 2 heterocycles. The maximum absolute atomic E-state index is 12.2. The van der Waals surface area contributed by atoms with Gasteiger partial charge in [-0.15, -0.1) is 0 Å². The molecule has 1 atom stereocenters. The van der Waals surface area contributed by atoms with Gasteiger partial charge in [-0.3, -0.25) is 4.79 Å². The van der Waals surface area contributed by atoms with Gasteiger partial charge in [-0.05, 0) is 50.6 Å². The van der Waals surface area contributed by atoms with E-state index in [-0.39, 0.29) is 11.9 Å². The quantitative estimate of drug-likeness (QED) is 0.769. The molecular weight excluding hydrogens is 238 g/mol. The molecule has 0 bridgehead atoms. The van der Waals surface area contributed by atoms with E-state index in [2.05, 4.69) is 29.5 Å². The minimum atomic E-state index is 0.0221. The van der Waals surface area contributed by atoms with Gasteiger partial charge < -0.3 is 15.6 Å². The lowest BCUT2D eigenvalue weighted by molar-refractivity contribution is 0.0940. The van der Waals surface area contributed by atoms with Crippen molar-refractivity contribution in [1.82, 2.24) is 15.6 Å². The number of nitrogens with one attached hydrogen (secondary N) is 3. The van der Waals surface area contributed by atoms with E-state index in [0.29, 0.717) is 0 Å². The Hall–Kier alpha value is -1.81. The highest BCUT2D eigenvalue weighted by Gasteiger charge is 2.18. The van der Waals surface area contributed by atoms with Crippen LogP contribution >= 0.6 is 0 Å². The topological polar surface area (TPSA) is 56.9 Å². The van der Waals surface area contributed by atoms with E-state index >= 15 is 0 Å². The predicted octanol–water partition coefficient (Wildman–Crippen LogP) is 1.88. The summed E-state index contributed by atoms with van der Waals surface area (Å²) < 4.78 is 0. The number of benzene rings is 1.